The van der Waals surface area contributed by atoms with Crippen LogP contribution in [0, 0.1) is 18.3 Å². The molecule has 80 valence electrons. The standard InChI is InChI=1S/C9H7Cl2NO2S/c1-6-2-3-9(15(11,13)14)8(5-12)7(6)4-10/h2-3H,4H2,1H3. The summed E-state index contributed by atoms with van der Waals surface area (Å²) in [4.78, 5) is -0.187. The number of aryl methyl sites for hydroxylation is 1. The van der Waals surface area contributed by atoms with E-state index >= 15 is 0 Å². The Morgan fingerprint density at radius 1 is 1.47 bits per heavy atom. The number of hydrogen-bond acceptors (Lipinski definition) is 3. The van der Waals surface area contributed by atoms with Crippen molar-refractivity contribution < 1.29 is 8.42 Å². The summed E-state index contributed by atoms with van der Waals surface area (Å²) in [5.74, 6) is 0.0783. The molecule has 0 aliphatic rings. The molecule has 0 aliphatic carbocycles. The van der Waals surface area contributed by atoms with Gasteiger partial charge in [-0.05, 0) is 24.1 Å². The molecule has 1 aromatic carbocycles. The van der Waals surface area contributed by atoms with Crippen LogP contribution in [-0.4, -0.2) is 8.42 Å². The number of nitrogens with zero attached hydrogens (tertiary/aromatic N) is 1. The molecule has 0 spiro atoms. The highest BCUT2D eigenvalue weighted by Gasteiger charge is 2.19. The second-order valence-corrected chi connectivity index (χ2v) is 5.72. The first-order chi connectivity index (χ1) is 6.91. The molecule has 1 rings (SSSR count). The van der Waals surface area contributed by atoms with Gasteiger partial charge in [0.1, 0.15) is 11.0 Å². The van der Waals surface area contributed by atoms with Crippen molar-refractivity contribution in [3.63, 3.8) is 0 Å². The number of nitriles is 1. The Kier molecular flexibility index (Phi) is 3.61. The van der Waals surface area contributed by atoms with Crippen LogP contribution in [0.1, 0.15) is 16.7 Å². The number of halogens is 2. The van der Waals surface area contributed by atoms with Gasteiger partial charge in [-0.3, -0.25) is 0 Å². The maximum atomic E-state index is 11.2. The van der Waals surface area contributed by atoms with E-state index in [-0.39, 0.29) is 16.3 Å². The third-order valence-electron chi connectivity index (χ3n) is 2.02. The molecule has 3 nitrogen and oxygen atoms in total. The van der Waals surface area contributed by atoms with E-state index in [9.17, 15) is 8.42 Å². The van der Waals surface area contributed by atoms with E-state index in [1.165, 1.54) is 6.07 Å². The molecule has 1 aromatic rings. The summed E-state index contributed by atoms with van der Waals surface area (Å²) in [5.41, 5.74) is 1.30. The lowest BCUT2D eigenvalue weighted by Gasteiger charge is -2.07. The van der Waals surface area contributed by atoms with Crippen LogP contribution >= 0.6 is 22.3 Å². The predicted octanol–water partition coefficient (Wildman–Crippen LogP) is 2.53. The van der Waals surface area contributed by atoms with Crippen LogP contribution in [0.3, 0.4) is 0 Å². The molecule has 0 atom stereocenters. The van der Waals surface area contributed by atoms with Crippen molar-refractivity contribution in [3.05, 3.63) is 28.8 Å². The van der Waals surface area contributed by atoms with Crippen molar-refractivity contribution in [1.82, 2.24) is 0 Å². The first-order valence-electron chi connectivity index (χ1n) is 3.95. The van der Waals surface area contributed by atoms with E-state index < -0.39 is 9.05 Å². The van der Waals surface area contributed by atoms with Crippen molar-refractivity contribution in [1.29, 1.82) is 5.26 Å². The highest BCUT2D eigenvalue weighted by molar-refractivity contribution is 8.13. The molecule has 0 unspecified atom stereocenters. The predicted molar refractivity (Wildman–Crippen MR) is 58.5 cm³/mol. The Morgan fingerprint density at radius 3 is 2.47 bits per heavy atom. The molecule has 15 heavy (non-hydrogen) atoms. The summed E-state index contributed by atoms with van der Waals surface area (Å²) >= 11 is 5.65. The maximum Gasteiger partial charge on any atom is 0.262 e. The van der Waals surface area contributed by atoms with Crippen LogP contribution in [-0.2, 0) is 14.9 Å². The van der Waals surface area contributed by atoms with Crippen molar-refractivity contribution in [2.45, 2.75) is 17.7 Å². The average Bonchev–Trinajstić information content (AvgIpc) is 2.15. The molecule has 0 amide bonds. The van der Waals surface area contributed by atoms with E-state index in [1.54, 1.807) is 13.0 Å². The minimum absolute atomic E-state index is 0.0278. The lowest BCUT2D eigenvalue weighted by Crippen LogP contribution is -2.00. The Hall–Kier alpha value is -0.760. The number of rotatable bonds is 2. The SMILES string of the molecule is Cc1ccc(S(=O)(=O)Cl)c(C#N)c1CCl. The van der Waals surface area contributed by atoms with Crippen LogP contribution in [0.4, 0.5) is 0 Å². The van der Waals surface area contributed by atoms with Gasteiger partial charge < -0.3 is 0 Å². The monoisotopic (exact) mass is 263 g/mol. The quantitative estimate of drug-likeness (QED) is 0.609. The van der Waals surface area contributed by atoms with Gasteiger partial charge in [-0.15, -0.1) is 11.6 Å². The second kappa shape index (κ2) is 4.40. The zero-order valence-electron chi connectivity index (χ0n) is 7.79. The van der Waals surface area contributed by atoms with Gasteiger partial charge in [-0.25, -0.2) is 8.42 Å². The first kappa shape index (κ1) is 12.3. The van der Waals surface area contributed by atoms with E-state index in [0.29, 0.717) is 5.56 Å². The molecule has 0 heterocycles. The van der Waals surface area contributed by atoms with Crippen LogP contribution in [0.5, 0.6) is 0 Å². The molecule has 0 saturated heterocycles. The summed E-state index contributed by atoms with van der Waals surface area (Å²) < 4.78 is 22.3. The van der Waals surface area contributed by atoms with E-state index in [4.69, 9.17) is 27.5 Å². The fourth-order valence-electron chi connectivity index (χ4n) is 1.23. The zero-order chi connectivity index (χ0) is 11.6. The minimum atomic E-state index is -3.90. The normalized spacial score (nSPS) is 11.1. The lowest BCUT2D eigenvalue weighted by atomic mass is 10.0. The first-order valence-corrected chi connectivity index (χ1v) is 6.79. The van der Waals surface area contributed by atoms with Gasteiger partial charge >= 0.3 is 0 Å². The number of alkyl halides is 1. The highest BCUT2D eigenvalue weighted by Crippen LogP contribution is 2.26. The molecular weight excluding hydrogens is 257 g/mol. The van der Waals surface area contributed by atoms with Gasteiger partial charge in [0.2, 0.25) is 0 Å². The molecule has 0 bridgehead atoms. The smallest absolute Gasteiger partial charge is 0.207 e. The number of hydrogen-bond donors (Lipinski definition) is 0. The van der Waals surface area contributed by atoms with Gasteiger partial charge in [0.05, 0.1) is 5.56 Å². The third-order valence-corrected chi connectivity index (χ3v) is 3.65. The lowest BCUT2D eigenvalue weighted by molar-refractivity contribution is 0.609. The number of benzene rings is 1. The van der Waals surface area contributed by atoms with E-state index in [1.807, 2.05) is 6.07 Å². The van der Waals surface area contributed by atoms with E-state index in [2.05, 4.69) is 0 Å². The fraction of sp³-hybridized carbons (Fsp3) is 0.222. The van der Waals surface area contributed by atoms with Crippen LogP contribution < -0.4 is 0 Å². The molecule has 0 aliphatic heterocycles. The van der Waals surface area contributed by atoms with Gasteiger partial charge in [0.25, 0.3) is 9.05 Å². The fourth-order valence-corrected chi connectivity index (χ4v) is 2.60. The Bertz CT molecular complexity index is 532. The summed E-state index contributed by atoms with van der Waals surface area (Å²) in [6.45, 7) is 1.75. The molecule has 6 heteroatoms. The van der Waals surface area contributed by atoms with Crippen molar-refractivity contribution in [3.8, 4) is 6.07 Å². The molecule has 0 radical (unpaired) electrons. The molecular formula is C9H7Cl2NO2S. The second-order valence-electron chi connectivity index (χ2n) is 2.92. The molecule has 0 aromatic heterocycles. The van der Waals surface area contributed by atoms with Crippen LogP contribution in [0.25, 0.3) is 0 Å². The molecule has 0 fully saturated rings. The topological polar surface area (TPSA) is 57.9 Å². The van der Waals surface area contributed by atoms with Gasteiger partial charge in [-0.1, -0.05) is 6.07 Å². The van der Waals surface area contributed by atoms with Crippen molar-refractivity contribution in [2.75, 3.05) is 0 Å². The third kappa shape index (κ3) is 2.43. The Morgan fingerprint density at radius 2 is 2.07 bits per heavy atom. The van der Waals surface area contributed by atoms with Crippen LogP contribution in [0.15, 0.2) is 17.0 Å². The summed E-state index contributed by atoms with van der Waals surface area (Å²) in [7, 11) is 1.30. The van der Waals surface area contributed by atoms with Gasteiger partial charge in [-0.2, -0.15) is 5.26 Å². The Balaban J connectivity index is 3.66. The minimum Gasteiger partial charge on any atom is -0.207 e. The van der Waals surface area contributed by atoms with Crippen molar-refractivity contribution >= 4 is 31.3 Å². The largest absolute Gasteiger partial charge is 0.262 e. The van der Waals surface area contributed by atoms with Gasteiger partial charge in [0.15, 0.2) is 0 Å². The summed E-state index contributed by atoms with van der Waals surface area (Å²) in [5, 5.41) is 8.89. The van der Waals surface area contributed by atoms with Crippen molar-refractivity contribution in [2.24, 2.45) is 0 Å². The zero-order valence-corrected chi connectivity index (χ0v) is 10.1. The van der Waals surface area contributed by atoms with Crippen LogP contribution in [0.2, 0.25) is 0 Å². The summed E-state index contributed by atoms with van der Waals surface area (Å²) in [6, 6.07) is 4.70. The van der Waals surface area contributed by atoms with E-state index in [0.717, 1.165) is 5.56 Å². The molecule has 0 saturated carbocycles. The maximum absolute atomic E-state index is 11.2. The molecule has 0 N–H and O–H groups in total. The van der Waals surface area contributed by atoms with Gasteiger partial charge in [0, 0.05) is 16.6 Å². The highest BCUT2D eigenvalue weighted by atomic mass is 35.7. The average molecular weight is 264 g/mol. The Labute approximate surface area is 97.7 Å². The summed E-state index contributed by atoms with van der Waals surface area (Å²) in [6.07, 6.45) is 0.